The zero-order valence-corrected chi connectivity index (χ0v) is 28.3. The number of fused-ring (bicyclic) bond motifs is 3. The summed E-state index contributed by atoms with van der Waals surface area (Å²) in [5, 5.41) is 2.68. The van der Waals surface area contributed by atoms with Crippen LogP contribution in [-0.2, 0) is 16.2 Å². The van der Waals surface area contributed by atoms with Gasteiger partial charge in [-0.3, -0.25) is 0 Å². The molecule has 1 heteroatoms. The van der Waals surface area contributed by atoms with Crippen molar-refractivity contribution in [3.8, 4) is 27.9 Å². The first-order valence-electron chi connectivity index (χ1n) is 16.0. The molecule has 1 aromatic heterocycles. The summed E-state index contributed by atoms with van der Waals surface area (Å²) in [6.07, 6.45) is 0. The number of rotatable bonds is 3. The van der Waals surface area contributed by atoms with Crippen molar-refractivity contribution in [3.63, 3.8) is 0 Å². The zero-order valence-electron chi connectivity index (χ0n) is 28.3. The van der Waals surface area contributed by atoms with E-state index in [0.29, 0.717) is 0 Å². The lowest BCUT2D eigenvalue weighted by atomic mass is 9.77. The van der Waals surface area contributed by atoms with E-state index < -0.39 is 0 Å². The Morgan fingerprint density at radius 2 is 1.07 bits per heavy atom. The number of nitrogens with zero attached hydrogens (tertiary/aromatic N) is 1. The van der Waals surface area contributed by atoms with Crippen molar-refractivity contribution < 1.29 is 0 Å². The van der Waals surface area contributed by atoms with E-state index in [1.807, 2.05) is 0 Å². The van der Waals surface area contributed by atoms with E-state index in [2.05, 4.69) is 177 Å². The Kier molecular flexibility index (Phi) is 7.16. The Balaban J connectivity index is 1.84. The summed E-state index contributed by atoms with van der Waals surface area (Å²) >= 11 is 0. The van der Waals surface area contributed by atoms with E-state index in [0.717, 1.165) is 0 Å². The van der Waals surface area contributed by atoms with Crippen LogP contribution in [0.5, 0.6) is 0 Å². The minimum absolute atomic E-state index is 0.0385. The van der Waals surface area contributed by atoms with E-state index in [-0.39, 0.29) is 16.2 Å². The molecule has 0 saturated heterocycles. The van der Waals surface area contributed by atoms with Gasteiger partial charge in [-0.05, 0) is 86.4 Å². The van der Waals surface area contributed by atoms with E-state index in [9.17, 15) is 0 Å². The topological polar surface area (TPSA) is 4.93 Å². The van der Waals surface area contributed by atoms with Crippen LogP contribution in [0.15, 0.2) is 103 Å². The molecule has 0 fully saturated rings. The van der Waals surface area contributed by atoms with Crippen LogP contribution in [0.25, 0.3) is 49.7 Å². The minimum atomic E-state index is -0.0919. The molecule has 1 nitrogen and oxygen atoms in total. The van der Waals surface area contributed by atoms with Gasteiger partial charge in [0.15, 0.2) is 0 Å². The van der Waals surface area contributed by atoms with E-state index in [1.165, 1.54) is 72.0 Å². The van der Waals surface area contributed by atoms with Gasteiger partial charge in [-0.25, -0.2) is 0 Å². The fourth-order valence-electron chi connectivity index (χ4n) is 6.73. The van der Waals surface area contributed by atoms with Gasteiger partial charge in [0.2, 0.25) is 0 Å². The van der Waals surface area contributed by atoms with Crippen molar-refractivity contribution in [2.24, 2.45) is 0 Å². The van der Waals surface area contributed by atoms with Crippen LogP contribution in [0.3, 0.4) is 0 Å². The summed E-state index contributed by atoms with van der Waals surface area (Å²) in [6, 6.07) is 38.7. The maximum Gasteiger partial charge on any atom is 0.0547 e. The van der Waals surface area contributed by atoms with Crippen molar-refractivity contribution in [2.45, 2.75) is 85.5 Å². The quantitative estimate of drug-likeness (QED) is 0.197. The van der Waals surface area contributed by atoms with Gasteiger partial charge in [-0.2, -0.15) is 0 Å². The van der Waals surface area contributed by atoms with Gasteiger partial charge in [0, 0.05) is 16.5 Å². The van der Waals surface area contributed by atoms with E-state index >= 15 is 0 Å². The maximum absolute atomic E-state index is 2.47. The van der Waals surface area contributed by atoms with Crippen LogP contribution in [0.2, 0.25) is 0 Å². The second-order valence-corrected chi connectivity index (χ2v) is 15.7. The lowest BCUT2D eigenvalue weighted by Gasteiger charge is -2.27. The molecular weight excluding hydrogens is 530 g/mol. The van der Waals surface area contributed by atoms with Gasteiger partial charge in [0.05, 0.1) is 11.0 Å². The standard InChI is InChI=1S/C43H47N/c1-28-16-14-17-29(24-28)35-22-23-37-39(40(35)43(8,9)10)38-34(20-15-21-36(38)44(37)33-18-12-11-13-19-33)30-25-31(41(2,3)4)27-32(26-30)42(5,6)7/h11-27H,1-10H3. The molecule has 0 aliphatic heterocycles. The lowest BCUT2D eigenvalue weighted by molar-refractivity contribution is 0.569. The third-order valence-electron chi connectivity index (χ3n) is 9.03. The highest BCUT2D eigenvalue weighted by Crippen LogP contribution is 2.47. The molecule has 0 radical (unpaired) electrons. The molecule has 1 heterocycles. The third-order valence-corrected chi connectivity index (χ3v) is 9.03. The first-order valence-corrected chi connectivity index (χ1v) is 16.0. The molecule has 0 aliphatic carbocycles. The molecule has 6 aromatic rings. The Bertz CT molecular complexity index is 1970. The van der Waals surface area contributed by atoms with Gasteiger partial charge < -0.3 is 4.57 Å². The molecule has 0 amide bonds. The Labute approximate surface area is 264 Å². The number of hydrogen-bond acceptors (Lipinski definition) is 0. The summed E-state index contributed by atoms with van der Waals surface area (Å²) in [5.74, 6) is 0. The van der Waals surface area contributed by atoms with Crippen LogP contribution < -0.4 is 0 Å². The van der Waals surface area contributed by atoms with Gasteiger partial charge in [-0.15, -0.1) is 0 Å². The largest absolute Gasteiger partial charge is 0.309 e. The Morgan fingerprint density at radius 3 is 1.66 bits per heavy atom. The number of para-hydroxylation sites is 1. The predicted octanol–water partition coefficient (Wildman–Crippen LogP) is 12.3. The Morgan fingerprint density at radius 1 is 0.455 bits per heavy atom. The fourth-order valence-corrected chi connectivity index (χ4v) is 6.73. The average molecular weight is 578 g/mol. The first-order chi connectivity index (χ1) is 20.6. The number of benzene rings is 5. The summed E-state index contributed by atoms with van der Waals surface area (Å²) in [6.45, 7) is 23.2. The summed E-state index contributed by atoms with van der Waals surface area (Å²) in [7, 11) is 0. The summed E-state index contributed by atoms with van der Waals surface area (Å²) < 4.78 is 2.47. The zero-order chi connectivity index (χ0) is 31.6. The van der Waals surface area contributed by atoms with Crippen molar-refractivity contribution in [1.82, 2.24) is 4.57 Å². The molecule has 0 N–H and O–H groups in total. The molecule has 5 aromatic carbocycles. The summed E-state index contributed by atoms with van der Waals surface area (Å²) in [4.78, 5) is 0. The van der Waals surface area contributed by atoms with Crippen LogP contribution in [-0.4, -0.2) is 4.57 Å². The van der Waals surface area contributed by atoms with Crippen LogP contribution in [0.1, 0.15) is 84.6 Å². The van der Waals surface area contributed by atoms with Crippen LogP contribution in [0.4, 0.5) is 0 Å². The highest BCUT2D eigenvalue weighted by Gasteiger charge is 2.28. The SMILES string of the molecule is Cc1cccc(-c2ccc3c(c2C(C)(C)C)c2c(-c4cc(C(C)(C)C)cc(C(C)(C)C)c4)cccc2n3-c2ccccc2)c1. The van der Waals surface area contributed by atoms with Crippen molar-refractivity contribution in [1.29, 1.82) is 0 Å². The van der Waals surface area contributed by atoms with Crippen LogP contribution in [0, 0.1) is 6.92 Å². The average Bonchev–Trinajstić information content (AvgIpc) is 3.30. The minimum Gasteiger partial charge on any atom is -0.309 e. The normalized spacial score (nSPS) is 12.8. The molecule has 0 aliphatic rings. The smallest absolute Gasteiger partial charge is 0.0547 e. The molecule has 224 valence electrons. The van der Waals surface area contributed by atoms with Gasteiger partial charge in [0.1, 0.15) is 0 Å². The second kappa shape index (κ2) is 10.5. The summed E-state index contributed by atoms with van der Waals surface area (Å²) in [5.41, 5.74) is 14.3. The maximum atomic E-state index is 2.47. The van der Waals surface area contributed by atoms with E-state index in [4.69, 9.17) is 0 Å². The molecule has 0 atom stereocenters. The lowest BCUT2D eigenvalue weighted by Crippen LogP contribution is -2.16. The van der Waals surface area contributed by atoms with Crippen LogP contribution >= 0.6 is 0 Å². The predicted molar refractivity (Wildman–Crippen MR) is 192 cm³/mol. The number of aryl methyl sites for hydroxylation is 1. The fraction of sp³-hybridized carbons (Fsp3) is 0.302. The van der Waals surface area contributed by atoms with E-state index in [1.54, 1.807) is 0 Å². The highest BCUT2D eigenvalue weighted by atomic mass is 15.0. The highest BCUT2D eigenvalue weighted by molar-refractivity contribution is 6.18. The first kappa shape index (κ1) is 29.9. The molecule has 0 saturated carbocycles. The van der Waals surface area contributed by atoms with Crippen molar-refractivity contribution in [3.05, 3.63) is 125 Å². The monoisotopic (exact) mass is 577 g/mol. The molecule has 0 bridgehead atoms. The molecular formula is C43H47N. The van der Waals surface area contributed by atoms with Crippen molar-refractivity contribution >= 4 is 21.8 Å². The van der Waals surface area contributed by atoms with Crippen molar-refractivity contribution in [2.75, 3.05) is 0 Å². The molecule has 0 spiro atoms. The number of aromatic nitrogens is 1. The van der Waals surface area contributed by atoms with Gasteiger partial charge in [-0.1, -0.05) is 147 Å². The van der Waals surface area contributed by atoms with Gasteiger partial charge in [0.25, 0.3) is 0 Å². The third kappa shape index (κ3) is 5.28. The molecule has 44 heavy (non-hydrogen) atoms. The Hall–Kier alpha value is -4.10. The molecule has 6 rings (SSSR count). The molecule has 0 unspecified atom stereocenters. The van der Waals surface area contributed by atoms with Gasteiger partial charge >= 0.3 is 0 Å². The second-order valence-electron chi connectivity index (χ2n) is 15.7. The number of hydrogen-bond donors (Lipinski definition) is 0.